The number of sulfone groups is 1. The minimum Gasteiger partial charge on any atom is -0.469 e. The number of rotatable bonds is 3. The lowest BCUT2D eigenvalue weighted by Crippen LogP contribution is -2.28. The molecule has 0 fully saturated rings. The number of sulfonamides is 2. The van der Waals surface area contributed by atoms with E-state index >= 15 is 0 Å². The molecule has 0 bridgehead atoms. The van der Waals surface area contributed by atoms with Crippen LogP contribution in [0.5, 0.6) is 0 Å². The second-order valence-electron chi connectivity index (χ2n) is 22.9. The number of carbonyl (C=O) groups is 7. The lowest BCUT2D eigenvalue weighted by atomic mass is 10.0. The summed E-state index contributed by atoms with van der Waals surface area (Å²) in [7, 11) is 8.24. The predicted octanol–water partition coefficient (Wildman–Crippen LogP) is 20.4. The van der Waals surface area contributed by atoms with Crippen LogP contribution in [-0.4, -0.2) is 235 Å². The molecule has 768 valence electrons. The Bertz CT molecular complexity index is 4200. The number of amides is 5. The lowest BCUT2D eigenvalue weighted by molar-refractivity contribution is -0.138. The summed E-state index contributed by atoms with van der Waals surface area (Å²) in [5, 5.41) is 25.3. The van der Waals surface area contributed by atoms with E-state index in [9.17, 15) is 71.4 Å². The summed E-state index contributed by atoms with van der Waals surface area (Å²) < 4.78 is 117. The molecule has 0 aliphatic heterocycles. The molecule has 9 rings (SSSR count). The Kier molecular flexibility index (Phi) is 152. The van der Waals surface area contributed by atoms with Gasteiger partial charge in [0, 0.05) is 99.0 Å². The molecule has 0 unspecified atom stereocenters. The topological polar surface area (TPSA) is 413 Å². The van der Waals surface area contributed by atoms with Crippen molar-refractivity contribution in [1.29, 1.82) is 0 Å². The average Bonchev–Trinajstić information content (AvgIpc) is 0.798. The van der Waals surface area contributed by atoms with Gasteiger partial charge in [-0.3, -0.25) is 27.5 Å². The summed E-state index contributed by atoms with van der Waals surface area (Å²) in [6.45, 7) is 41.4. The molecule has 0 aromatic heterocycles. The van der Waals surface area contributed by atoms with Gasteiger partial charge in [0.1, 0.15) is 15.6 Å². The Morgan fingerprint density at radius 2 is 0.561 bits per heavy atom. The third-order valence-corrected chi connectivity index (χ3v) is 12.7. The number of ketones is 1. The highest BCUT2D eigenvalue weighted by Gasteiger charge is 2.01. The zero-order valence-corrected chi connectivity index (χ0v) is 93.6. The second-order valence-corrected chi connectivity index (χ2v) is 32.9. The minimum absolute atomic E-state index is 0.00463. The number of thioether (sulfide) groups is 1. The van der Waals surface area contributed by atoms with Gasteiger partial charge in [0.15, 0.2) is 0 Å². The third-order valence-electron chi connectivity index (χ3n) is 10.7. The maximum absolute atomic E-state index is 10.1. The Morgan fingerprint density at radius 3 is 0.667 bits per heavy atom. The van der Waals surface area contributed by atoms with Gasteiger partial charge in [-0.25, -0.2) is 44.4 Å². The van der Waals surface area contributed by atoms with Crippen LogP contribution in [0.25, 0.3) is 53.9 Å². The first-order chi connectivity index (χ1) is 61.9. The number of aryl methyl sites for hydroxylation is 1. The number of urea groups is 1. The zero-order chi connectivity index (χ0) is 108. The van der Waals surface area contributed by atoms with Gasteiger partial charge >= 0.3 is 24.2 Å². The standard InChI is InChI=1S/2C14H10.C10H8.C7H8.C3H8N2O.C3H7NO3S.C3H7NO2.C3H7NO.C3H6O3.C3H6O2.C3H6O.C3H8.C2H7NO2S.C2H7N.C2H6O3S.C2H6O2S.C2H6OS.C2H6O.C2H6S.7C2H6/c1-3-7-13-11(5-1)9-10-12-6-2-4-8-14(12)13;1-2-6-12-10-14-8-4-3-7-13(14)9-11(12)5-1;1-2-6-10-8-4-3-7-9(10)5-1;1-7-5-3-2-4-6-7;1-4-3(6)5-2;1-3(5)4-8(2,6)7;1-4-3(5)6-2;1-3(5)4-2;1-5-3(4)6-2;1-3(4)5-2;1-3(2)4;1-3-2;1-3-6(2,4)5;1-3-2;1-5-6(2,3)4;1-5(2,3)4;1-4(2)3;2*1-3-2;7*1-2/h2*1-10H;1-8H;2-6H,1H3;1-2H3,(H2,4,5,6);1-2H3,(H,4,5);1-2H3,(H,4,5);1-2H3,(H,4,5);1-2H3;1-2H3;1-2H3;3H2,1-2H3;3H,1-2H3;3H,1-2H3;1-2H3;1-2H3;1-2H3;2*1-2H3;7*1-2H3. The average molecular weight is 1990 g/mol. The number of hydrogen-bond acceptors (Lipinski definition) is 24. The molecule has 0 heterocycles. The molecule has 132 heavy (non-hydrogen) atoms. The number of carbonyl (C=O) groups excluding carboxylic acids is 7. The molecule has 0 saturated heterocycles. The van der Waals surface area contributed by atoms with E-state index in [1.807, 2.05) is 142 Å². The summed E-state index contributed by atoms with van der Waals surface area (Å²) in [5.74, 6) is -0.637. The third kappa shape index (κ3) is 157. The molecule has 0 radical (unpaired) electrons. The fourth-order valence-corrected chi connectivity index (χ4v) is 6.60. The van der Waals surface area contributed by atoms with Crippen LogP contribution >= 0.6 is 11.8 Å². The molecule has 7 N–H and O–H groups in total. The van der Waals surface area contributed by atoms with E-state index in [-0.39, 0.29) is 23.7 Å². The van der Waals surface area contributed by atoms with Gasteiger partial charge in [-0.1, -0.05) is 311 Å². The molecular weight excluding hydrogens is 1810 g/mol. The molecule has 0 aliphatic rings. The number of ether oxygens (including phenoxy) is 5. The number of hydrogen-bond donors (Lipinski definition) is 7. The van der Waals surface area contributed by atoms with E-state index in [0.717, 1.165) is 45.3 Å². The Morgan fingerprint density at radius 1 is 0.364 bits per heavy atom. The monoisotopic (exact) mass is 1980 g/mol. The van der Waals surface area contributed by atoms with Gasteiger partial charge in [0.25, 0.3) is 10.1 Å². The van der Waals surface area contributed by atoms with E-state index < -0.39 is 69.0 Å². The summed E-state index contributed by atoms with van der Waals surface area (Å²) >= 11 is 1.75. The van der Waals surface area contributed by atoms with Crippen molar-refractivity contribution in [2.24, 2.45) is 0 Å². The smallest absolute Gasteiger partial charge is 0.469 e. The number of Topliss-reactive ketones (excluding diaryl/α,β-unsaturated/α-hetero) is 1. The van der Waals surface area contributed by atoms with E-state index in [1.54, 1.807) is 64.4 Å². The largest absolute Gasteiger partial charge is 0.507 e. The first-order valence-electron chi connectivity index (χ1n) is 42.0. The quantitative estimate of drug-likeness (QED) is 0.0284. The molecule has 0 spiro atoms. The molecule has 0 aliphatic carbocycles. The molecule has 9 aromatic carbocycles. The first kappa shape index (κ1) is 162. The van der Waals surface area contributed by atoms with Crippen LogP contribution in [0, 0.1) is 6.92 Å². The lowest BCUT2D eigenvalue weighted by Gasteiger charge is -2.02. The Balaban J connectivity index is -0.0000000713. The molecule has 29 nitrogen and oxygen atoms in total. The molecule has 5 amide bonds. The highest BCUT2D eigenvalue weighted by atomic mass is 32.2. The maximum atomic E-state index is 10.1. The fourth-order valence-electron chi connectivity index (χ4n) is 6.08. The van der Waals surface area contributed by atoms with Crippen LogP contribution in [0.4, 0.5) is 14.4 Å². The number of alkyl carbamates (subject to hydrolysis) is 1. The van der Waals surface area contributed by atoms with Crippen molar-refractivity contribution in [2.45, 2.75) is 159 Å². The highest BCUT2D eigenvalue weighted by molar-refractivity contribution is 7.97. The van der Waals surface area contributed by atoms with Crippen LogP contribution in [0.3, 0.4) is 0 Å². The normalized spacial score (nSPS) is 8.47. The van der Waals surface area contributed by atoms with E-state index in [1.165, 1.54) is 136 Å². The van der Waals surface area contributed by atoms with Crippen LogP contribution in [0.2, 0.25) is 0 Å². The Hall–Kier alpha value is -9.69. The number of fused-ring (bicyclic) bond motifs is 6. The van der Waals surface area contributed by atoms with Crippen LogP contribution in [0.1, 0.15) is 157 Å². The van der Waals surface area contributed by atoms with Crippen LogP contribution in [0.15, 0.2) is 200 Å². The molecule has 0 atom stereocenters. The number of methoxy groups -OCH3 is 5. The van der Waals surface area contributed by atoms with Crippen molar-refractivity contribution in [3.8, 4) is 0 Å². The molecule has 35 heteroatoms. The minimum atomic E-state index is -3.32. The van der Waals surface area contributed by atoms with Crippen molar-refractivity contribution >= 4 is 158 Å². The van der Waals surface area contributed by atoms with E-state index in [0.29, 0.717) is 0 Å². The van der Waals surface area contributed by atoms with Crippen molar-refractivity contribution in [1.82, 2.24) is 36.0 Å². The van der Waals surface area contributed by atoms with Crippen LogP contribution in [-0.2, 0) is 97.8 Å². The maximum Gasteiger partial charge on any atom is 0.507 e. The van der Waals surface area contributed by atoms with Crippen molar-refractivity contribution in [2.75, 3.05) is 155 Å². The van der Waals surface area contributed by atoms with Crippen molar-refractivity contribution < 1.29 is 99.3 Å². The van der Waals surface area contributed by atoms with Crippen LogP contribution < -0.4 is 36.0 Å². The SMILES string of the molecule is CC.CC.CC.CC.CC.CC.CC.CC(=O)NS(C)(=O)=O.CC(C)=O.CCC.CNC.CNC(=O)NC.CNC(=O)OC.CNC(C)=O.CNS(C)(=O)=O.COC.COC(=O)OC.COC(C)=O.COS(C)(=O)=O.CS(C)(=O)=O.CS(C)=O.CSC.Cc1ccccc1.c1ccc2c(c1)ccc1ccccc12.c1ccc2cc3ccccc3cc2c1.c1ccc2ccccc2c1. The van der Waals surface area contributed by atoms with Crippen molar-refractivity contribution in [3.05, 3.63) is 206 Å². The van der Waals surface area contributed by atoms with Gasteiger partial charge in [-0.05, 0) is 120 Å². The van der Waals surface area contributed by atoms with Crippen molar-refractivity contribution in [3.63, 3.8) is 0 Å². The Labute approximate surface area is 808 Å². The molecule has 0 saturated carbocycles. The second kappa shape index (κ2) is 123. The van der Waals surface area contributed by atoms with Gasteiger partial charge in [0.2, 0.25) is 31.9 Å². The predicted molar refractivity (Wildman–Crippen MR) is 574 cm³/mol. The van der Waals surface area contributed by atoms with Gasteiger partial charge < -0.3 is 55.1 Å². The summed E-state index contributed by atoms with van der Waals surface area (Å²) in [6, 6.07) is 69.6. The number of benzene rings is 9. The highest BCUT2D eigenvalue weighted by Crippen LogP contribution is 2.25. The summed E-state index contributed by atoms with van der Waals surface area (Å²) in [6.07, 6.45) is 12.9. The zero-order valence-electron chi connectivity index (χ0n) is 88.7. The van der Waals surface area contributed by atoms with E-state index in [2.05, 4.69) is 262 Å². The number of nitrogens with one attached hydrogen (secondary N) is 7. The summed E-state index contributed by atoms with van der Waals surface area (Å²) in [5.41, 5.74) is 1.32. The first-order valence-corrected chi connectivity index (χ1v) is 53.5. The van der Waals surface area contributed by atoms with Gasteiger partial charge in [0.05, 0.1) is 54.3 Å². The number of esters is 1. The van der Waals surface area contributed by atoms with E-state index in [4.69, 9.17) is 0 Å². The molecule has 9 aromatic rings. The van der Waals surface area contributed by atoms with Gasteiger partial charge in [-0.15, -0.1) is 0 Å². The van der Waals surface area contributed by atoms with Gasteiger partial charge in [-0.2, -0.15) is 20.2 Å². The molecular formula is C97H177N7O22S6. The fraction of sp³-hybridized carbons (Fsp3) is 0.474. The summed E-state index contributed by atoms with van der Waals surface area (Å²) in [4.78, 5) is 68.2.